The monoisotopic (exact) mass is 259 g/mol. The van der Waals surface area contributed by atoms with Crippen LogP contribution < -0.4 is 0 Å². The topological polar surface area (TPSA) is 47.3 Å². The summed E-state index contributed by atoms with van der Waals surface area (Å²) in [6, 6.07) is 0. The summed E-state index contributed by atoms with van der Waals surface area (Å²) in [4.78, 5) is 16.4. The van der Waals surface area contributed by atoms with Crippen molar-refractivity contribution in [3.05, 3.63) is 30.4 Å². The molecule has 0 aliphatic rings. The highest BCUT2D eigenvalue weighted by Gasteiger charge is 2.17. The normalized spacial score (nSPS) is 12.7. The number of Topliss-reactive ketones (excluding diaryl/α,β-unsaturated/α-hetero) is 1. The van der Waals surface area contributed by atoms with Crippen LogP contribution in [0.2, 0.25) is 0 Å². The molecule has 2 rings (SSSR count). The smallest absolute Gasteiger partial charge is 0.167 e. The molecule has 1 atom stereocenters. The van der Waals surface area contributed by atoms with E-state index in [1.807, 2.05) is 0 Å². The van der Waals surface area contributed by atoms with Crippen LogP contribution in [0.25, 0.3) is 5.52 Å². The first-order valence-corrected chi connectivity index (χ1v) is 7.06. The van der Waals surface area contributed by atoms with Gasteiger partial charge in [-0.1, -0.05) is 39.5 Å². The van der Waals surface area contributed by atoms with Gasteiger partial charge in [0.2, 0.25) is 0 Å². The van der Waals surface area contributed by atoms with Crippen LogP contribution >= 0.6 is 0 Å². The van der Waals surface area contributed by atoms with E-state index in [0.717, 1.165) is 18.4 Å². The Balaban J connectivity index is 2.10. The zero-order valence-corrected chi connectivity index (χ0v) is 11.7. The van der Waals surface area contributed by atoms with E-state index in [-0.39, 0.29) is 5.78 Å². The second-order valence-corrected chi connectivity index (χ2v) is 5.01. The number of fused-ring (bicyclic) bond motifs is 1. The fourth-order valence-corrected chi connectivity index (χ4v) is 2.36. The molecule has 0 fully saturated rings. The Morgan fingerprint density at radius 1 is 1.37 bits per heavy atom. The molecule has 0 aliphatic heterocycles. The van der Waals surface area contributed by atoms with E-state index < -0.39 is 0 Å². The van der Waals surface area contributed by atoms with E-state index in [4.69, 9.17) is 0 Å². The fraction of sp³-hybridized carbons (Fsp3) is 0.533. The SMILES string of the molecule is CCCCC(CC)CC(=O)c1cnn2ccncc12. The van der Waals surface area contributed by atoms with Crippen molar-refractivity contribution in [2.24, 2.45) is 5.92 Å². The molecule has 1 unspecified atom stereocenters. The van der Waals surface area contributed by atoms with Gasteiger partial charge in [-0.25, -0.2) is 4.52 Å². The minimum atomic E-state index is 0.186. The molecular formula is C15H21N3O. The number of rotatable bonds is 7. The number of nitrogens with zero attached hydrogens (tertiary/aromatic N) is 3. The van der Waals surface area contributed by atoms with Crippen molar-refractivity contribution < 1.29 is 4.79 Å². The van der Waals surface area contributed by atoms with Crippen LogP contribution in [0, 0.1) is 5.92 Å². The molecule has 0 aromatic carbocycles. The van der Waals surface area contributed by atoms with Crippen molar-refractivity contribution in [2.45, 2.75) is 46.0 Å². The summed E-state index contributed by atoms with van der Waals surface area (Å²) in [5.74, 6) is 0.671. The second-order valence-electron chi connectivity index (χ2n) is 5.01. The van der Waals surface area contributed by atoms with Gasteiger partial charge in [0.05, 0.1) is 23.5 Å². The van der Waals surface area contributed by atoms with Gasteiger partial charge in [0.1, 0.15) is 0 Å². The van der Waals surface area contributed by atoms with E-state index in [0.29, 0.717) is 17.9 Å². The second kappa shape index (κ2) is 6.45. The number of unbranched alkanes of at least 4 members (excludes halogenated alkanes) is 1. The summed E-state index contributed by atoms with van der Waals surface area (Å²) in [7, 11) is 0. The van der Waals surface area contributed by atoms with E-state index in [9.17, 15) is 4.79 Å². The predicted molar refractivity (Wildman–Crippen MR) is 75.2 cm³/mol. The van der Waals surface area contributed by atoms with Gasteiger partial charge in [0.15, 0.2) is 5.78 Å². The lowest BCUT2D eigenvalue weighted by Gasteiger charge is -2.12. The van der Waals surface area contributed by atoms with Crippen LogP contribution in [0.5, 0.6) is 0 Å². The third-order valence-corrected chi connectivity index (χ3v) is 3.64. The summed E-state index contributed by atoms with van der Waals surface area (Å²) < 4.78 is 1.70. The molecule has 2 heterocycles. The van der Waals surface area contributed by atoms with Crippen LogP contribution in [0.3, 0.4) is 0 Å². The number of hydrogen-bond donors (Lipinski definition) is 0. The van der Waals surface area contributed by atoms with Gasteiger partial charge < -0.3 is 0 Å². The average molecular weight is 259 g/mol. The fourth-order valence-electron chi connectivity index (χ4n) is 2.36. The molecule has 102 valence electrons. The lowest BCUT2D eigenvalue weighted by molar-refractivity contribution is 0.0958. The van der Waals surface area contributed by atoms with Crippen LogP contribution in [0.4, 0.5) is 0 Å². The standard InChI is InChI=1S/C15H21N3O/c1-3-5-6-12(4-2)9-15(19)13-10-17-18-8-7-16-11-14(13)18/h7-8,10-12H,3-6,9H2,1-2H3. The molecule has 0 bridgehead atoms. The third kappa shape index (κ3) is 3.19. The summed E-state index contributed by atoms with van der Waals surface area (Å²) in [5.41, 5.74) is 1.50. The third-order valence-electron chi connectivity index (χ3n) is 3.64. The summed E-state index contributed by atoms with van der Waals surface area (Å²) in [5, 5.41) is 4.19. The van der Waals surface area contributed by atoms with Crippen molar-refractivity contribution in [3.8, 4) is 0 Å². The van der Waals surface area contributed by atoms with Crippen molar-refractivity contribution in [1.29, 1.82) is 0 Å². The van der Waals surface area contributed by atoms with Gasteiger partial charge in [-0.3, -0.25) is 9.78 Å². The molecule has 0 saturated heterocycles. The molecule has 0 amide bonds. The first-order valence-electron chi connectivity index (χ1n) is 7.06. The largest absolute Gasteiger partial charge is 0.294 e. The Hall–Kier alpha value is -1.71. The molecule has 2 aromatic rings. The number of carbonyl (C=O) groups is 1. The summed E-state index contributed by atoms with van der Waals surface area (Å²) >= 11 is 0. The lowest BCUT2D eigenvalue weighted by atomic mass is 9.92. The quantitative estimate of drug-likeness (QED) is 0.715. The molecule has 0 aliphatic carbocycles. The van der Waals surface area contributed by atoms with Crippen LogP contribution in [-0.2, 0) is 0 Å². The van der Waals surface area contributed by atoms with Crippen molar-refractivity contribution in [1.82, 2.24) is 14.6 Å². The Bertz CT molecular complexity index is 547. The van der Waals surface area contributed by atoms with Crippen LogP contribution in [-0.4, -0.2) is 20.4 Å². The maximum atomic E-state index is 12.4. The van der Waals surface area contributed by atoms with Crippen molar-refractivity contribution >= 4 is 11.3 Å². The highest BCUT2D eigenvalue weighted by Crippen LogP contribution is 2.21. The summed E-state index contributed by atoms with van der Waals surface area (Å²) in [6.07, 6.45) is 12.0. The zero-order valence-electron chi connectivity index (χ0n) is 11.7. The van der Waals surface area contributed by atoms with E-state index in [1.54, 1.807) is 29.3 Å². The molecule has 4 heteroatoms. The molecule has 0 saturated carbocycles. The maximum absolute atomic E-state index is 12.4. The van der Waals surface area contributed by atoms with E-state index in [2.05, 4.69) is 23.9 Å². The number of hydrogen-bond acceptors (Lipinski definition) is 3. The van der Waals surface area contributed by atoms with E-state index >= 15 is 0 Å². The molecule has 0 radical (unpaired) electrons. The average Bonchev–Trinajstić information content (AvgIpc) is 2.87. The molecule has 0 spiro atoms. The van der Waals surface area contributed by atoms with E-state index in [1.165, 1.54) is 12.8 Å². The maximum Gasteiger partial charge on any atom is 0.167 e. The van der Waals surface area contributed by atoms with Gasteiger partial charge in [-0.2, -0.15) is 5.10 Å². The molecular weight excluding hydrogens is 238 g/mol. The first kappa shape index (κ1) is 13.7. The van der Waals surface area contributed by atoms with Crippen molar-refractivity contribution in [2.75, 3.05) is 0 Å². The van der Waals surface area contributed by atoms with Crippen LogP contribution in [0.1, 0.15) is 56.3 Å². The molecule has 4 nitrogen and oxygen atoms in total. The zero-order chi connectivity index (χ0) is 13.7. The highest BCUT2D eigenvalue weighted by atomic mass is 16.1. The number of aromatic nitrogens is 3. The minimum Gasteiger partial charge on any atom is -0.294 e. The van der Waals surface area contributed by atoms with Gasteiger partial charge >= 0.3 is 0 Å². The number of ketones is 1. The van der Waals surface area contributed by atoms with Gasteiger partial charge in [0, 0.05) is 18.8 Å². The molecule has 0 N–H and O–H groups in total. The predicted octanol–water partition coefficient (Wildman–Crippen LogP) is 3.52. The first-order chi connectivity index (χ1) is 9.26. The van der Waals surface area contributed by atoms with Gasteiger partial charge in [-0.15, -0.1) is 0 Å². The van der Waals surface area contributed by atoms with Crippen molar-refractivity contribution in [3.63, 3.8) is 0 Å². The van der Waals surface area contributed by atoms with Gasteiger partial charge in [-0.05, 0) is 5.92 Å². The lowest BCUT2D eigenvalue weighted by Crippen LogP contribution is -2.08. The minimum absolute atomic E-state index is 0.186. The van der Waals surface area contributed by atoms with Crippen LogP contribution in [0.15, 0.2) is 24.8 Å². The Morgan fingerprint density at radius 3 is 2.95 bits per heavy atom. The summed E-state index contributed by atoms with van der Waals surface area (Å²) in [6.45, 7) is 4.34. The molecule has 2 aromatic heterocycles. The Labute approximate surface area is 113 Å². The molecule has 19 heavy (non-hydrogen) atoms. The van der Waals surface area contributed by atoms with Gasteiger partial charge in [0.25, 0.3) is 0 Å². The highest BCUT2D eigenvalue weighted by molar-refractivity contribution is 6.02. The Morgan fingerprint density at radius 2 is 2.21 bits per heavy atom. The number of carbonyl (C=O) groups excluding carboxylic acids is 1. The Kier molecular flexibility index (Phi) is 4.66.